The van der Waals surface area contributed by atoms with E-state index in [1.165, 1.54) is 5.70 Å². The molecule has 14 heavy (non-hydrogen) atoms. The minimum atomic E-state index is -3.04. The second-order valence-corrected chi connectivity index (χ2v) is 26.7. The minimum absolute atomic E-state index is 0.559. The van der Waals surface area contributed by atoms with E-state index < -0.39 is 19.4 Å². The van der Waals surface area contributed by atoms with Crippen LogP contribution in [-0.2, 0) is 0 Å². The van der Waals surface area contributed by atoms with Crippen molar-refractivity contribution >= 4 is 96.9 Å². The Kier molecular flexibility index (Phi) is 6.31. The van der Waals surface area contributed by atoms with Gasteiger partial charge in [0.25, 0.3) is 0 Å². The summed E-state index contributed by atoms with van der Waals surface area (Å²) in [5, 5.41) is 0. The quantitative estimate of drug-likeness (QED) is 0.456. The largest absolute Gasteiger partial charge is 0.365 e. The molecule has 0 aliphatic heterocycles. The third-order valence-electron chi connectivity index (χ3n) is 1.25. The van der Waals surface area contributed by atoms with Crippen LogP contribution < -0.4 is 0 Å². The minimum Gasteiger partial charge on any atom is -0.162 e. The van der Waals surface area contributed by atoms with Crippen LogP contribution in [0, 0.1) is 0 Å². The Morgan fingerprint density at radius 2 is 1.21 bits per heavy atom. The van der Waals surface area contributed by atoms with Crippen LogP contribution in [0.3, 0.4) is 0 Å². The predicted molar refractivity (Wildman–Crippen MR) is 78.0 cm³/mol. The van der Waals surface area contributed by atoms with Crippen LogP contribution in [-0.4, -0.2) is 19.4 Å². The van der Waals surface area contributed by atoms with E-state index in [1.807, 2.05) is 13.1 Å². The van der Waals surface area contributed by atoms with Gasteiger partial charge in [0.15, 0.2) is 7.38 Å². The first-order valence-corrected chi connectivity index (χ1v) is 17.6. The van der Waals surface area contributed by atoms with E-state index in [4.69, 9.17) is 77.6 Å². The lowest BCUT2D eigenvalue weighted by atomic mass is 11.2. The lowest BCUT2D eigenvalue weighted by Gasteiger charge is -2.24. The fourth-order valence-corrected chi connectivity index (χ4v) is 20.7. The molecule has 0 aromatic carbocycles. The van der Waals surface area contributed by atoms with Gasteiger partial charge in [-0.15, -0.1) is 66.5 Å². The number of hydrogen-bond acceptors (Lipinski definition) is 0. The monoisotopic (exact) mass is 384 g/mol. The first-order chi connectivity index (χ1) is 5.84. The lowest BCUT2D eigenvalue weighted by Crippen LogP contribution is -2.35. The van der Waals surface area contributed by atoms with Gasteiger partial charge in [0.1, 0.15) is 0 Å². The molecule has 84 valence electrons. The molecule has 0 aromatic rings. The van der Waals surface area contributed by atoms with Crippen LogP contribution >= 0.6 is 77.6 Å². The average Bonchev–Trinajstić information content (AvgIpc) is 1.75. The molecule has 0 atom stereocenters. The summed E-state index contributed by atoms with van der Waals surface area (Å²) < 4.78 is 0. The van der Waals surface area contributed by atoms with Gasteiger partial charge in [-0.25, -0.2) is 0 Å². The van der Waals surface area contributed by atoms with Gasteiger partial charge in [-0.2, -0.15) is 11.1 Å². The highest BCUT2D eigenvalue weighted by Crippen LogP contribution is 2.39. The van der Waals surface area contributed by atoms with Gasteiger partial charge in [0.05, 0.1) is 0 Å². The van der Waals surface area contributed by atoms with Gasteiger partial charge < -0.3 is 0 Å². The maximum absolute atomic E-state index is 6.19. The van der Waals surface area contributed by atoms with Crippen molar-refractivity contribution in [3.8, 4) is 0 Å². The van der Waals surface area contributed by atoms with Crippen LogP contribution in [0.2, 0.25) is 13.1 Å². The standard InChI is InChI=1S/C4H7Cl7Si3/c1-12(2,5)4(14(9,10)11)3-13(6,7)8/h3H,1-2H3/b4-3-. The molecule has 0 nitrogen and oxygen atoms in total. The van der Waals surface area contributed by atoms with Gasteiger partial charge in [-0.3, -0.25) is 0 Å². The first kappa shape index (κ1) is 16.4. The van der Waals surface area contributed by atoms with E-state index in [9.17, 15) is 0 Å². The Balaban J connectivity index is 5.26. The normalized spacial score (nSPS) is 15.9. The molecule has 0 aliphatic carbocycles. The summed E-state index contributed by atoms with van der Waals surface area (Å²) in [6.07, 6.45) is 0. The summed E-state index contributed by atoms with van der Waals surface area (Å²) >= 11 is 41.1. The second kappa shape index (κ2) is 5.38. The number of rotatable bonds is 3. The molecule has 0 N–H and O–H groups in total. The number of hydrogen-bond donors (Lipinski definition) is 0. The molecule has 0 unspecified atom stereocenters. The molecule has 0 aliphatic rings. The van der Waals surface area contributed by atoms with E-state index in [1.54, 1.807) is 0 Å². The molecule has 10 heteroatoms. The SMILES string of the molecule is C[Si](C)(Cl)/C(=C/[Si](Cl)(Cl)Cl)[Si](Cl)(Cl)Cl. The zero-order chi connectivity index (χ0) is 11.8. The highest BCUT2D eigenvalue weighted by atomic mass is 35.8. The van der Waals surface area contributed by atoms with Crippen LogP contribution in [0.25, 0.3) is 0 Å². The van der Waals surface area contributed by atoms with Crippen LogP contribution in [0.5, 0.6) is 0 Å². The number of halogens is 7. The van der Waals surface area contributed by atoms with Gasteiger partial charge in [0.2, 0.25) is 0 Å². The van der Waals surface area contributed by atoms with Crippen molar-refractivity contribution in [3.05, 3.63) is 10.5 Å². The Hall–Kier alpha value is 2.42. The zero-order valence-electron chi connectivity index (χ0n) is 7.22. The molecular weight excluding hydrogens is 380 g/mol. The molecule has 0 saturated heterocycles. The van der Waals surface area contributed by atoms with Crippen LogP contribution in [0.15, 0.2) is 10.5 Å². The van der Waals surface area contributed by atoms with Crippen LogP contribution in [0.1, 0.15) is 0 Å². The predicted octanol–water partition coefficient (Wildman–Crippen LogP) is 5.28. The summed E-state index contributed by atoms with van der Waals surface area (Å²) in [6, 6.07) is -6.00. The molecule has 0 amide bonds. The smallest absolute Gasteiger partial charge is 0.162 e. The second-order valence-electron chi connectivity index (χ2n) is 3.07. The molecule has 0 saturated carbocycles. The maximum atomic E-state index is 6.19. The van der Waals surface area contributed by atoms with Gasteiger partial charge in [0, 0.05) is 0 Å². The van der Waals surface area contributed by atoms with E-state index in [0.717, 1.165) is 0 Å². The molecule has 0 radical (unpaired) electrons. The highest BCUT2D eigenvalue weighted by molar-refractivity contribution is 7.72. The van der Waals surface area contributed by atoms with Crippen molar-refractivity contribution < 1.29 is 0 Å². The Morgan fingerprint density at radius 3 is 1.29 bits per heavy atom. The topological polar surface area (TPSA) is 0 Å². The van der Waals surface area contributed by atoms with Crippen molar-refractivity contribution in [2.24, 2.45) is 0 Å². The van der Waals surface area contributed by atoms with Crippen LogP contribution in [0.4, 0.5) is 0 Å². The van der Waals surface area contributed by atoms with Crippen molar-refractivity contribution in [3.63, 3.8) is 0 Å². The van der Waals surface area contributed by atoms with E-state index in [2.05, 4.69) is 0 Å². The summed E-state index contributed by atoms with van der Waals surface area (Å²) in [5.41, 5.74) is 1.47. The molecule has 0 spiro atoms. The fourth-order valence-electron chi connectivity index (χ4n) is 0.754. The molecule has 0 aromatic heterocycles. The summed E-state index contributed by atoms with van der Waals surface area (Å²) in [4.78, 5) is 0.559. The molecule has 0 bridgehead atoms. The van der Waals surface area contributed by atoms with E-state index in [-0.39, 0.29) is 0 Å². The zero-order valence-corrected chi connectivity index (χ0v) is 15.5. The van der Waals surface area contributed by atoms with Crippen molar-refractivity contribution in [2.45, 2.75) is 13.1 Å². The summed E-state index contributed by atoms with van der Waals surface area (Å²) in [6.45, 7) is 3.67. The van der Waals surface area contributed by atoms with Gasteiger partial charge in [-0.05, 0) is 4.82 Å². The molecule has 0 fully saturated rings. The van der Waals surface area contributed by atoms with E-state index >= 15 is 0 Å². The lowest BCUT2D eigenvalue weighted by molar-refractivity contribution is 1.90. The van der Waals surface area contributed by atoms with Crippen molar-refractivity contribution in [2.75, 3.05) is 0 Å². The Bertz CT molecular complexity index is 215. The van der Waals surface area contributed by atoms with Gasteiger partial charge in [-0.1, -0.05) is 18.8 Å². The maximum Gasteiger partial charge on any atom is 0.365 e. The molecule has 0 heterocycles. The summed E-state index contributed by atoms with van der Waals surface area (Å²) in [7, 11) is -2.25. The third-order valence-corrected chi connectivity index (χ3v) is 13.0. The van der Waals surface area contributed by atoms with E-state index in [0.29, 0.717) is 4.82 Å². The first-order valence-electron chi connectivity index (χ1n) is 3.40. The Labute approximate surface area is 119 Å². The fraction of sp³-hybridized carbons (Fsp3) is 0.500. The third kappa shape index (κ3) is 6.89. The Morgan fingerprint density at radius 1 is 0.857 bits per heavy atom. The molecule has 0 rings (SSSR count). The highest BCUT2D eigenvalue weighted by Gasteiger charge is 2.43. The molecular formula is C4H7Cl7Si3. The van der Waals surface area contributed by atoms with Crippen molar-refractivity contribution in [1.82, 2.24) is 0 Å². The average molecular weight is 388 g/mol. The summed E-state index contributed by atoms with van der Waals surface area (Å²) in [5.74, 6) is 0. The van der Waals surface area contributed by atoms with Crippen molar-refractivity contribution in [1.29, 1.82) is 0 Å². The van der Waals surface area contributed by atoms with Gasteiger partial charge >= 0.3 is 12.0 Å².